The summed E-state index contributed by atoms with van der Waals surface area (Å²) >= 11 is 0. The molecule has 1 heterocycles. The highest BCUT2D eigenvalue weighted by atomic mass is 16.5. The first-order chi connectivity index (χ1) is 7.81. The molecule has 1 fully saturated rings. The van der Waals surface area contributed by atoms with Crippen molar-refractivity contribution in [3.8, 4) is 0 Å². The van der Waals surface area contributed by atoms with Crippen LogP contribution >= 0.6 is 0 Å². The van der Waals surface area contributed by atoms with Gasteiger partial charge >= 0.3 is 0 Å². The van der Waals surface area contributed by atoms with Crippen LogP contribution in [0.25, 0.3) is 0 Å². The summed E-state index contributed by atoms with van der Waals surface area (Å²) < 4.78 is 10.6. The third-order valence-corrected chi connectivity index (χ3v) is 2.40. The molecule has 1 aliphatic heterocycles. The second kappa shape index (κ2) is 7.43. The summed E-state index contributed by atoms with van der Waals surface area (Å²) in [6.45, 7) is 3.45. The third-order valence-electron chi connectivity index (χ3n) is 2.40. The number of hydrogen-bond donors (Lipinski definition) is 2. The number of aliphatic hydroxyl groups excluding tert-OH is 1. The van der Waals surface area contributed by atoms with Crippen molar-refractivity contribution in [3.63, 3.8) is 0 Å². The Kier molecular flexibility index (Phi) is 6.14. The van der Waals surface area contributed by atoms with Gasteiger partial charge < -0.3 is 24.8 Å². The Morgan fingerprint density at radius 2 is 2.50 bits per heavy atom. The van der Waals surface area contributed by atoms with Gasteiger partial charge in [0, 0.05) is 33.8 Å². The van der Waals surface area contributed by atoms with E-state index in [9.17, 15) is 0 Å². The molecule has 1 rings (SSSR count). The first-order valence-corrected chi connectivity index (χ1v) is 5.48. The summed E-state index contributed by atoms with van der Waals surface area (Å²) in [4.78, 5) is 6.28. The fourth-order valence-corrected chi connectivity index (χ4v) is 1.70. The van der Waals surface area contributed by atoms with Crippen LogP contribution in [0.2, 0.25) is 0 Å². The molecule has 0 aliphatic carbocycles. The molecule has 0 amide bonds. The first kappa shape index (κ1) is 13.2. The van der Waals surface area contributed by atoms with Gasteiger partial charge in [-0.05, 0) is 0 Å². The minimum Gasteiger partial charge on any atom is -0.395 e. The highest BCUT2D eigenvalue weighted by Crippen LogP contribution is 2.05. The summed E-state index contributed by atoms with van der Waals surface area (Å²) in [5, 5.41) is 11.8. The van der Waals surface area contributed by atoms with Gasteiger partial charge in [0.25, 0.3) is 0 Å². The summed E-state index contributed by atoms with van der Waals surface area (Å²) in [5.74, 6) is 0.804. The van der Waals surface area contributed by atoms with Crippen molar-refractivity contribution in [3.05, 3.63) is 0 Å². The van der Waals surface area contributed by atoms with Crippen LogP contribution in [0.3, 0.4) is 0 Å². The number of nitrogens with one attached hydrogen (secondary N) is 1. The molecule has 1 unspecified atom stereocenters. The van der Waals surface area contributed by atoms with Crippen LogP contribution < -0.4 is 5.32 Å². The molecule has 0 radical (unpaired) electrons. The molecule has 0 aromatic rings. The van der Waals surface area contributed by atoms with Crippen LogP contribution in [-0.4, -0.2) is 75.7 Å². The molecular weight excluding hydrogens is 210 g/mol. The van der Waals surface area contributed by atoms with E-state index in [1.165, 1.54) is 0 Å². The van der Waals surface area contributed by atoms with E-state index in [-0.39, 0.29) is 12.7 Å². The van der Waals surface area contributed by atoms with E-state index in [0.29, 0.717) is 19.8 Å². The molecule has 1 atom stereocenters. The molecule has 16 heavy (non-hydrogen) atoms. The molecule has 6 heteroatoms. The zero-order valence-electron chi connectivity index (χ0n) is 9.98. The zero-order chi connectivity index (χ0) is 11.8. The maximum absolute atomic E-state index is 8.76. The number of nitrogens with zero attached hydrogens (tertiary/aromatic N) is 2. The molecule has 0 saturated carbocycles. The van der Waals surface area contributed by atoms with Gasteiger partial charge in [0.15, 0.2) is 5.96 Å². The summed E-state index contributed by atoms with van der Waals surface area (Å²) in [5.41, 5.74) is 0. The number of aliphatic hydroxyl groups is 1. The smallest absolute Gasteiger partial charge is 0.193 e. The standard InChI is InChI=1S/C10H21N3O3/c1-11-10(12-3-5-14)13-4-6-16-9(7-13)8-15-2/h9,14H,3-8H2,1-2H3,(H,11,12). The molecular formula is C10H21N3O3. The number of hydrogen-bond acceptors (Lipinski definition) is 4. The molecule has 2 N–H and O–H groups in total. The van der Waals surface area contributed by atoms with Gasteiger partial charge in [-0.15, -0.1) is 0 Å². The molecule has 6 nitrogen and oxygen atoms in total. The predicted octanol–water partition coefficient (Wildman–Crippen LogP) is -1.10. The lowest BCUT2D eigenvalue weighted by Crippen LogP contribution is -2.51. The monoisotopic (exact) mass is 231 g/mol. The van der Waals surface area contributed by atoms with Gasteiger partial charge in [0.2, 0.25) is 0 Å². The van der Waals surface area contributed by atoms with Crippen molar-refractivity contribution in [2.24, 2.45) is 4.99 Å². The summed E-state index contributed by atoms with van der Waals surface area (Å²) in [6.07, 6.45) is 0.0893. The minimum absolute atomic E-state index is 0.0893. The largest absolute Gasteiger partial charge is 0.395 e. The van der Waals surface area contributed by atoms with E-state index < -0.39 is 0 Å². The summed E-state index contributed by atoms with van der Waals surface area (Å²) in [7, 11) is 3.40. The highest BCUT2D eigenvalue weighted by Gasteiger charge is 2.22. The van der Waals surface area contributed by atoms with Crippen LogP contribution in [0.5, 0.6) is 0 Å². The predicted molar refractivity (Wildman–Crippen MR) is 61.6 cm³/mol. The quantitative estimate of drug-likeness (QED) is 0.475. The van der Waals surface area contributed by atoms with Gasteiger partial charge in [-0.2, -0.15) is 0 Å². The van der Waals surface area contributed by atoms with Gasteiger partial charge in [-0.25, -0.2) is 0 Å². The molecule has 0 spiro atoms. The Hall–Kier alpha value is -0.850. The van der Waals surface area contributed by atoms with Crippen LogP contribution in [0, 0.1) is 0 Å². The van der Waals surface area contributed by atoms with Crippen molar-refractivity contribution in [1.82, 2.24) is 10.2 Å². The SMILES string of the molecule is CN=C(NCCO)N1CCOC(COC)C1. The number of aliphatic imine (C=N–C) groups is 1. The molecule has 1 aliphatic rings. The topological polar surface area (TPSA) is 66.3 Å². The van der Waals surface area contributed by atoms with Crippen molar-refractivity contribution in [2.75, 3.05) is 53.6 Å². The van der Waals surface area contributed by atoms with Gasteiger partial charge in [0.05, 0.1) is 25.9 Å². The Bertz CT molecular complexity index is 221. The molecule has 0 bridgehead atoms. The van der Waals surface area contributed by atoms with Crippen LogP contribution in [-0.2, 0) is 9.47 Å². The highest BCUT2D eigenvalue weighted by molar-refractivity contribution is 5.79. The zero-order valence-corrected chi connectivity index (χ0v) is 9.98. The Morgan fingerprint density at radius 3 is 3.12 bits per heavy atom. The maximum atomic E-state index is 8.76. The van der Waals surface area contributed by atoms with E-state index >= 15 is 0 Å². The van der Waals surface area contributed by atoms with Crippen molar-refractivity contribution in [2.45, 2.75) is 6.10 Å². The first-order valence-electron chi connectivity index (χ1n) is 5.48. The third kappa shape index (κ3) is 3.96. The van der Waals surface area contributed by atoms with E-state index in [1.54, 1.807) is 14.2 Å². The molecule has 0 aromatic heterocycles. The van der Waals surface area contributed by atoms with Gasteiger partial charge in [0.1, 0.15) is 0 Å². The van der Waals surface area contributed by atoms with Crippen LogP contribution in [0.1, 0.15) is 0 Å². The Balaban J connectivity index is 2.44. The van der Waals surface area contributed by atoms with Crippen LogP contribution in [0.4, 0.5) is 0 Å². The molecule has 94 valence electrons. The normalized spacial score (nSPS) is 22.3. The van der Waals surface area contributed by atoms with E-state index in [1.807, 2.05) is 0 Å². The molecule has 1 saturated heterocycles. The minimum atomic E-state index is 0.0893. The number of ether oxygens (including phenoxy) is 2. The number of guanidine groups is 1. The van der Waals surface area contributed by atoms with Crippen molar-refractivity contribution >= 4 is 5.96 Å². The van der Waals surface area contributed by atoms with Crippen molar-refractivity contribution < 1.29 is 14.6 Å². The van der Waals surface area contributed by atoms with Crippen molar-refractivity contribution in [1.29, 1.82) is 0 Å². The van der Waals surface area contributed by atoms with Gasteiger partial charge in [-0.1, -0.05) is 0 Å². The lowest BCUT2D eigenvalue weighted by Gasteiger charge is -2.34. The average molecular weight is 231 g/mol. The number of methoxy groups -OCH3 is 1. The Morgan fingerprint density at radius 1 is 1.69 bits per heavy atom. The molecule has 0 aromatic carbocycles. The fourth-order valence-electron chi connectivity index (χ4n) is 1.70. The van der Waals surface area contributed by atoms with Crippen LogP contribution in [0.15, 0.2) is 4.99 Å². The van der Waals surface area contributed by atoms with E-state index in [2.05, 4.69) is 15.2 Å². The number of rotatable bonds is 4. The summed E-state index contributed by atoms with van der Waals surface area (Å²) in [6, 6.07) is 0. The van der Waals surface area contributed by atoms with E-state index in [4.69, 9.17) is 14.6 Å². The second-order valence-electron chi connectivity index (χ2n) is 3.59. The Labute approximate surface area is 96.2 Å². The lowest BCUT2D eigenvalue weighted by molar-refractivity contribution is -0.0447. The maximum Gasteiger partial charge on any atom is 0.193 e. The fraction of sp³-hybridized carbons (Fsp3) is 0.900. The lowest BCUT2D eigenvalue weighted by atomic mass is 10.3. The average Bonchev–Trinajstić information content (AvgIpc) is 2.31. The second-order valence-corrected chi connectivity index (χ2v) is 3.59. The van der Waals surface area contributed by atoms with E-state index in [0.717, 1.165) is 19.0 Å². The van der Waals surface area contributed by atoms with Gasteiger partial charge in [-0.3, -0.25) is 4.99 Å². The number of morpholine rings is 1.